The highest BCUT2D eigenvalue weighted by atomic mass is 79.9. The van der Waals surface area contributed by atoms with Gasteiger partial charge in [0.15, 0.2) is 0 Å². The second-order valence-corrected chi connectivity index (χ2v) is 6.19. The first kappa shape index (κ1) is 14.8. The van der Waals surface area contributed by atoms with Crippen LogP contribution >= 0.6 is 31.9 Å². The number of benzene rings is 1. The fraction of sp³-hybridized carbons (Fsp3) is 0.462. The van der Waals surface area contributed by atoms with Crippen molar-refractivity contribution in [3.63, 3.8) is 0 Å². The first-order valence-electron chi connectivity index (χ1n) is 6.16. The number of rotatable bonds is 3. The second-order valence-electron chi connectivity index (χ2n) is 4.48. The number of nitrogens with one attached hydrogen (secondary N) is 2. The first-order valence-corrected chi connectivity index (χ1v) is 7.75. The molecule has 4 nitrogen and oxygen atoms in total. The van der Waals surface area contributed by atoms with Gasteiger partial charge in [0.25, 0.3) is 0 Å². The summed E-state index contributed by atoms with van der Waals surface area (Å²) in [6.07, 6.45) is 1.77. The van der Waals surface area contributed by atoms with Gasteiger partial charge in [-0.3, -0.25) is 4.79 Å². The molecule has 0 aromatic heterocycles. The number of hydrogen-bond donors (Lipinski definition) is 2. The lowest BCUT2D eigenvalue weighted by Crippen LogP contribution is -2.34. The van der Waals surface area contributed by atoms with Crippen molar-refractivity contribution >= 4 is 43.5 Å². The van der Waals surface area contributed by atoms with Gasteiger partial charge in [-0.15, -0.1) is 0 Å². The Bertz CT molecular complexity index is 474. The van der Waals surface area contributed by atoms with Crippen molar-refractivity contribution in [3.8, 4) is 5.75 Å². The summed E-state index contributed by atoms with van der Waals surface area (Å²) in [5, 5.41) is 6.22. The minimum Gasteiger partial charge on any atom is -0.495 e. The van der Waals surface area contributed by atoms with Gasteiger partial charge in [-0.25, -0.2) is 0 Å². The minimum atomic E-state index is 0.0755. The average molecular weight is 392 g/mol. The summed E-state index contributed by atoms with van der Waals surface area (Å²) in [5.74, 6) is 0.859. The van der Waals surface area contributed by atoms with Crippen LogP contribution < -0.4 is 15.4 Å². The number of methoxy groups -OCH3 is 1. The molecule has 1 amide bonds. The van der Waals surface area contributed by atoms with Crippen molar-refractivity contribution in [2.24, 2.45) is 5.92 Å². The van der Waals surface area contributed by atoms with Gasteiger partial charge in [0.05, 0.1) is 17.3 Å². The fourth-order valence-corrected chi connectivity index (χ4v) is 3.36. The quantitative estimate of drug-likeness (QED) is 0.831. The topological polar surface area (TPSA) is 50.4 Å². The SMILES string of the molecule is COc1cc(NC(=O)C2CCNCC2)c(Br)cc1Br. The van der Waals surface area contributed by atoms with Gasteiger partial charge in [0, 0.05) is 16.5 Å². The smallest absolute Gasteiger partial charge is 0.227 e. The second kappa shape index (κ2) is 6.72. The maximum absolute atomic E-state index is 12.2. The molecule has 1 saturated heterocycles. The lowest BCUT2D eigenvalue weighted by molar-refractivity contribution is -0.120. The Morgan fingerprint density at radius 3 is 2.63 bits per heavy atom. The third kappa shape index (κ3) is 3.70. The summed E-state index contributed by atoms with van der Waals surface area (Å²) >= 11 is 6.86. The Morgan fingerprint density at radius 1 is 1.32 bits per heavy atom. The Balaban J connectivity index is 2.11. The van der Waals surface area contributed by atoms with Gasteiger partial charge < -0.3 is 15.4 Å². The molecule has 1 fully saturated rings. The number of anilines is 1. The van der Waals surface area contributed by atoms with E-state index in [4.69, 9.17) is 4.74 Å². The van der Waals surface area contributed by atoms with Crippen LogP contribution in [0.15, 0.2) is 21.1 Å². The maximum Gasteiger partial charge on any atom is 0.227 e. The third-order valence-electron chi connectivity index (χ3n) is 3.21. The van der Waals surface area contributed by atoms with Gasteiger partial charge >= 0.3 is 0 Å². The molecule has 104 valence electrons. The monoisotopic (exact) mass is 390 g/mol. The first-order chi connectivity index (χ1) is 9.11. The molecule has 1 aromatic rings. The molecule has 0 spiro atoms. The number of amides is 1. The van der Waals surface area contributed by atoms with E-state index in [0.29, 0.717) is 5.75 Å². The highest BCUT2D eigenvalue weighted by Crippen LogP contribution is 2.34. The van der Waals surface area contributed by atoms with E-state index in [0.717, 1.165) is 40.6 Å². The molecular weight excluding hydrogens is 376 g/mol. The fourth-order valence-electron chi connectivity index (χ4n) is 2.10. The van der Waals surface area contributed by atoms with Crippen LogP contribution in [0.5, 0.6) is 5.75 Å². The highest BCUT2D eigenvalue weighted by Gasteiger charge is 2.21. The van der Waals surface area contributed by atoms with Crippen molar-refractivity contribution in [2.45, 2.75) is 12.8 Å². The van der Waals surface area contributed by atoms with E-state index in [2.05, 4.69) is 42.5 Å². The average Bonchev–Trinajstić information content (AvgIpc) is 2.42. The molecule has 0 radical (unpaired) electrons. The lowest BCUT2D eigenvalue weighted by Gasteiger charge is -2.22. The molecule has 0 aliphatic carbocycles. The van der Waals surface area contributed by atoms with E-state index in [-0.39, 0.29) is 11.8 Å². The molecule has 2 rings (SSSR count). The normalized spacial score (nSPS) is 16.2. The van der Waals surface area contributed by atoms with E-state index in [1.165, 1.54) is 0 Å². The van der Waals surface area contributed by atoms with Crippen LogP contribution in [-0.2, 0) is 4.79 Å². The molecule has 0 saturated carbocycles. The minimum absolute atomic E-state index is 0.0755. The molecule has 1 aromatic carbocycles. The van der Waals surface area contributed by atoms with E-state index in [1.807, 2.05) is 12.1 Å². The van der Waals surface area contributed by atoms with Gasteiger partial charge in [0.1, 0.15) is 5.75 Å². The Morgan fingerprint density at radius 2 is 2.00 bits per heavy atom. The molecule has 1 aliphatic rings. The van der Waals surface area contributed by atoms with Crippen LogP contribution in [0, 0.1) is 5.92 Å². The molecule has 1 heterocycles. The van der Waals surface area contributed by atoms with E-state index < -0.39 is 0 Å². The number of ether oxygens (including phenoxy) is 1. The zero-order valence-corrected chi connectivity index (χ0v) is 13.8. The van der Waals surface area contributed by atoms with E-state index in [1.54, 1.807) is 7.11 Å². The van der Waals surface area contributed by atoms with Gasteiger partial charge in [-0.1, -0.05) is 0 Å². The number of hydrogen-bond acceptors (Lipinski definition) is 3. The Hall–Kier alpha value is -0.590. The summed E-state index contributed by atoms with van der Waals surface area (Å²) in [6, 6.07) is 3.68. The summed E-state index contributed by atoms with van der Waals surface area (Å²) in [4.78, 5) is 12.2. The number of piperidine rings is 1. The van der Waals surface area contributed by atoms with Crippen LogP contribution in [0.25, 0.3) is 0 Å². The number of halogens is 2. The standard InChI is InChI=1S/C13H16Br2N2O2/c1-19-12-7-11(9(14)6-10(12)15)17-13(18)8-2-4-16-5-3-8/h6-8,16H,2-5H2,1H3,(H,17,18). The van der Waals surface area contributed by atoms with Crippen molar-refractivity contribution in [1.29, 1.82) is 0 Å². The van der Waals surface area contributed by atoms with E-state index >= 15 is 0 Å². The van der Waals surface area contributed by atoms with Crippen LogP contribution in [0.3, 0.4) is 0 Å². The van der Waals surface area contributed by atoms with Gasteiger partial charge in [-0.2, -0.15) is 0 Å². The van der Waals surface area contributed by atoms with Crippen molar-refractivity contribution < 1.29 is 9.53 Å². The molecule has 0 unspecified atom stereocenters. The van der Waals surface area contributed by atoms with Crippen molar-refractivity contribution in [2.75, 3.05) is 25.5 Å². The molecule has 0 bridgehead atoms. The number of carbonyl (C=O) groups excluding carboxylic acids is 1. The van der Waals surface area contributed by atoms with Crippen LogP contribution in [-0.4, -0.2) is 26.1 Å². The molecule has 19 heavy (non-hydrogen) atoms. The Labute approximate surface area is 129 Å². The summed E-state index contributed by atoms with van der Waals surface area (Å²) < 4.78 is 6.92. The van der Waals surface area contributed by atoms with Crippen LogP contribution in [0.1, 0.15) is 12.8 Å². The summed E-state index contributed by atoms with van der Waals surface area (Å²) in [7, 11) is 1.60. The van der Waals surface area contributed by atoms with Crippen molar-refractivity contribution in [1.82, 2.24) is 5.32 Å². The van der Waals surface area contributed by atoms with Crippen LogP contribution in [0.2, 0.25) is 0 Å². The maximum atomic E-state index is 12.2. The molecule has 1 aliphatic heterocycles. The molecule has 6 heteroatoms. The van der Waals surface area contributed by atoms with Gasteiger partial charge in [-0.05, 0) is 63.9 Å². The zero-order valence-electron chi connectivity index (χ0n) is 10.6. The highest BCUT2D eigenvalue weighted by molar-refractivity contribution is 9.11. The Kier molecular flexibility index (Phi) is 5.24. The molecule has 2 N–H and O–H groups in total. The third-order valence-corrected chi connectivity index (χ3v) is 4.49. The lowest BCUT2D eigenvalue weighted by atomic mass is 9.97. The predicted octanol–water partition coefficient (Wildman–Crippen LogP) is 3.16. The zero-order chi connectivity index (χ0) is 13.8. The van der Waals surface area contributed by atoms with Crippen molar-refractivity contribution in [3.05, 3.63) is 21.1 Å². The number of carbonyl (C=O) groups is 1. The molecule has 0 atom stereocenters. The predicted molar refractivity (Wildman–Crippen MR) is 82.6 cm³/mol. The van der Waals surface area contributed by atoms with Crippen LogP contribution in [0.4, 0.5) is 5.69 Å². The summed E-state index contributed by atoms with van der Waals surface area (Å²) in [6.45, 7) is 1.81. The largest absolute Gasteiger partial charge is 0.495 e. The molecular formula is C13H16Br2N2O2. The summed E-state index contributed by atoms with van der Waals surface area (Å²) in [5.41, 5.74) is 0.739. The van der Waals surface area contributed by atoms with Gasteiger partial charge in [0.2, 0.25) is 5.91 Å². The van der Waals surface area contributed by atoms with E-state index in [9.17, 15) is 4.79 Å².